The summed E-state index contributed by atoms with van der Waals surface area (Å²) in [4.78, 5) is 25.9. The number of carbonyl (C=O) groups is 2. The van der Waals surface area contributed by atoms with Crippen LogP contribution in [0.1, 0.15) is 52.9 Å². The van der Waals surface area contributed by atoms with E-state index in [0.717, 1.165) is 6.42 Å². The van der Waals surface area contributed by atoms with Gasteiger partial charge in [-0.3, -0.25) is 9.59 Å². The number of fused-ring (bicyclic) bond motifs is 2. The Hall–Kier alpha value is -1.26. The molecule has 4 nitrogen and oxygen atoms in total. The number of Topliss-reactive ketones (excluding diaryl/α,β-unsaturated/α-hetero) is 2. The van der Waals surface area contributed by atoms with Crippen LogP contribution < -0.4 is 0 Å². The number of ketones is 2. The van der Waals surface area contributed by atoms with Gasteiger partial charge in [-0.15, -0.1) is 0 Å². The number of carbonyl (C=O) groups excluding carboxylic acids is 2. The summed E-state index contributed by atoms with van der Waals surface area (Å²) in [5.41, 5.74) is 0.364. The Balaban J connectivity index is 2.09. The molecule has 2 bridgehead atoms. The molecule has 4 heteroatoms. The van der Waals surface area contributed by atoms with E-state index in [4.69, 9.17) is 4.74 Å². The fourth-order valence-corrected chi connectivity index (χ4v) is 5.35. The lowest BCUT2D eigenvalue weighted by molar-refractivity contribution is -0.157. The van der Waals surface area contributed by atoms with Crippen LogP contribution in [-0.2, 0) is 14.3 Å². The van der Waals surface area contributed by atoms with Gasteiger partial charge in [-0.25, -0.2) is 0 Å². The molecular formula is C21H30O4. The van der Waals surface area contributed by atoms with E-state index in [1.807, 2.05) is 13.0 Å². The number of rotatable bonds is 1. The number of aliphatic hydroxyl groups is 1. The molecule has 0 unspecified atom stereocenters. The van der Waals surface area contributed by atoms with Crippen molar-refractivity contribution >= 4 is 11.6 Å². The largest absolute Gasteiger partial charge is 0.392 e. The van der Waals surface area contributed by atoms with Gasteiger partial charge < -0.3 is 9.84 Å². The molecule has 5 atom stereocenters. The third-order valence-corrected chi connectivity index (χ3v) is 7.17. The molecule has 0 radical (unpaired) electrons. The van der Waals surface area contributed by atoms with Crippen LogP contribution in [0.5, 0.6) is 0 Å². The van der Waals surface area contributed by atoms with Crippen LogP contribution in [0, 0.1) is 22.7 Å². The third-order valence-electron chi connectivity index (χ3n) is 7.17. The highest BCUT2D eigenvalue weighted by Crippen LogP contribution is 2.55. The first-order valence-corrected chi connectivity index (χ1v) is 9.32. The van der Waals surface area contributed by atoms with E-state index in [-0.39, 0.29) is 34.9 Å². The van der Waals surface area contributed by atoms with E-state index < -0.39 is 11.5 Å². The molecule has 0 spiro atoms. The number of allylic oxidation sites excluding steroid dienone is 2. The highest BCUT2D eigenvalue weighted by molar-refractivity contribution is 6.11. The second-order valence-electron chi connectivity index (χ2n) is 8.88. The summed E-state index contributed by atoms with van der Waals surface area (Å²) in [6.07, 6.45) is 4.00. The maximum Gasteiger partial charge on any atom is 0.187 e. The number of ether oxygens (including phenoxy) is 1. The monoisotopic (exact) mass is 346 g/mol. The topological polar surface area (TPSA) is 63.6 Å². The molecule has 1 N–H and O–H groups in total. The van der Waals surface area contributed by atoms with Gasteiger partial charge in [0.25, 0.3) is 0 Å². The van der Waals surface area contributed by atoms with Crippen LogP contribution in [0.2, 0.25) is 0 Å². The summed E-state index contributed by atoms with van der Waals surface area (Å²) in [6, 6.07) is 0. The molecule has 3 rings (SSSR count). The highest BCUT2D eigenvalue weighted by Gasteiger charge is 2.56. The maximum atomic E-state index is 13.2. The highest BCUT2D eigenvalue weighted by atomic mass is 16.5. The van der Waals surface area contributed by atoms with E-state index in [9.17, 15) is 14.7 Å². The number of hydrogen-bond donors (Lipinski definition) is 1. The van der Waals surface area contributed by atoms with Crippen LogP contribution in [0.3, 0.4) is 0 Å². The fourth-order valence-electron chi connectivity index (χ4n) is 5.35. The van der Waals surface area contributed by atoms with E-state index in [1.54, 1.807) is 7.11 Å². The van der Waals surface area contributed by atoms with Gasteiger partial charge in [0.1, 0.15) is 5.78 Å². The van der Waals surface area contributed by atoms with Crippen molar-refractivity contribution in [1.82, 2.24) is 0 Å². The molecular weight excluding hydrogens is 316 g/mol. The van der Waals surface area contributed by atoms with Crippen LogP contribution in [0.25, 0.3) is 0 Å². The Kier molecular flexibility index (Phi) is 4.57. The minimum absolute atomic E-state index is 0.0259. The van der Waals surface area contributed by atoms with Gasteiger partial charge in [-0.1, -0.05) is 26.5 Å². The molecule has 3 aliphatic rings. The van der Waals surface area contributed by atoms with Gasteiger partial charge in [0.05, 0.1) is 17.6 Å². The molecule has 3 aliphatic carbocycles. The van der Waals surface area contributed by atoms with Gasteiger partial charge in [-0.2, -0.15) is 0 Å². The van der Waals surface area contributed by atoms with Crippen molar-refractivity contribution in [2.24, 2.45) is 22.7 Å². The average Bonchev–Trinajstić information content (AvgIpc) is 2.84. The SMILES string of the molecule is C=C1C(=O)C2=C[C@H]1CCC(=O)[C@]1(C)[C@H](O)CCC(C)(C)[C@H]1C[C@H]2OC. The summed E-state index contributed by atoms with van der Waals surface area (Å²) in [7, 11) is 1.62. The van der Waals surface area contributed by atoms with E-state index >= 15 is 0 Å². The molecule has 0 aliphatic heterocycles. The van der Waals surface area contributed by atoms with Crippen molar-refractivity contribution in [1.29, 1.82) is 0 Å². The predicted octanol–water partition coefficient (Wildman–Crippen LogP) is 3.24. The first-order valence-electron chi connectivity index (χ1n) is 9.32. The van der Waals surface area contributed by atoms with Crippen molar-refractivity contribution in [3.05, 3.63) is 23.8 Å². The van der Waals surface area contributed by atoms with Gasteiger partial charge >= 0.3 is 0 Å². The van der Waals surface area contributed by atoms with Crippen LogP contribution >= 0.6 is 0 Å². The van der Waals surface area contributed by atoms with Crippen molar-refractivity contribution < 1.29 is 19.4 Å². The standard InChI is InChI=1S/C21H30O4/c1-12-13-6-7-17(22)21(4)16(20(2,3)9-8-18(21)23)11-15(25-5)14(10-13)19(12)24/h10,13,15-16,18,23H,1,6-9,11H2,2-5H3/t13-,15-,16-,18-,21-/m1/s1. The van der Waals surface area contributed by atoms with Crippen LogP contribution in [-0.4, -0.2) is 36.0 Å². The van der Waals surface area contributed by atoms with Crippen molar-refractivity contribution in [3.63, 3.8) is 0 Å². The normalized spacial score (nSPS) is 41.3. The van der Waals surface area contributed by atoms with Gasteiger partial charge in [0.2, 0.25) is 0 Å². The summed E-state index contributed by atoms with van der Waals surface area (Å²) in [5, 5.41) is 10.8. The third kappa shape index (κ3) is 2.74. The number of aliphatic hydroxyl groups excluding tert-OH is 1. The Morgan fingerprint density at radius 3 is 2.56 bits per heavy atom. The molecule has 0 amide bonds. The lowest BCUT2D eigenvalue weighted by atomic mass is 9.52. The number of methoxy groups -OCH3 is 1. The smallest absolute Gasteiger partial charge is 0.187 e. The average molecular weight is 346 g/mol. The summed E-state index contributed by atoms with van der Waals surface area (Å²) >= 11 is 0. The zero-order valence-electron chi connectivity index (χ0n) is 15.8. The Bertz CT molecular complexity index is 644. The second kappa shape index (κ2) is 6.17. The molecule has 138 valence electrons. The fraction of sp³-hybridized carbons (Fsp3) is 0.714. The quantitative estimate of drug-likeness (QED) is 0.740. The summed E-state index contributed by atoms with van der Waals surface area (Å²) in [5.74, 6) is -0.0444. The lowest BCUT2D eigenvalue weighted by Crippen LogP contribution is -2.55. The predicted molar refractivity (Wildman–Crippen MR) is 96.0 cm³/mol. The van der Waals surface area contributed by atoms with Crippen LogP contribution in [0.15, 0.2) is 23.8 Å². The van der Waals surface area contributed by atoms with E-state index in [0.29, 0.717) is 36.8 Å². The van der Waals surface area contributed by atoms with Gasteiger partial charge in [-0.05, 0) is 49.5 Å². The minimum atomic E-state index is -0.791. The van der Waals surface area contributed by atoms with Gasteiger partial charge in [0.15, 0.2) is 5.78 Å². The van der Waals surface area contributed by atoms with Crippen LogP contribution in [0.4, 0.5) is 0 Å². The maximum absolute atomic E-state index is 13.2. The van der Waals surface area contributed by atoms with Gasteiger partial charge in [0, 0.05) is 25.0 Å². The molecule has 0 aromatic heterocycles. The summed E-state index contributed by atoms with van der Waals surface area (Å²) in [6.45, 7) is 10.2. The zero-order chi connectivity index (χ0) is 18.6. The lowest BCUT2D eigenvalue weighted by Gasteiger charge is -2.53. The molecule has 0 heterocycles. The zero-order valence-corrected chi connectivity index (χ0v) is 15.8. The molecule has 1 fully saturated rings. The Morgan fingerprint density at radius 1 is 1.24 bits per heavy atom. The molecule has 0 aromatic carbocycles. The van der Waals surface area contributed by atoms with Crippen molar-refractivity contribution in [3.8, 4) is 0 Å². The Labute approximate surface area is 150 Å². The molecule has 0 aromatic rings. The van der Waals surface area contributed by atoms with E-state index in [1.165, 1.54) is 0 Å². The summed E-state index contributed by atoms with van der Waals surface area (Å²) < 4.78 is 5.71. The first kappa shape index (κ1) is 18.5. The molecule has 25 heavy (non-hydrogen) atoms. The number of hydrogen-bond acceptors (Lipinski definition) is 4. The molecule has 0 saturated heterocycles. The minimum Gasteiger partial charge on any atom is -0.392 e. The van der Waals surface area contributed by atoms with Crippen molar-refractivity contribution in [2.45, 2.75) is 65.1 Å². The first-order chi connectivity index (χ1) is 11.6. The molecule has 1 saturated carbocycles. The van der Waals surface area contributed by atoms with E-state index in [2.05, 4.69) is 20.4 Å². The second-order valence-corrected chi connectivity index (χ2v) is 8.88. The van der Waals surface area contributed by atoms with Crippen molar-refractivity contribution in [2.75, 3.05) is 7.11 Å². The Morgan fingerprint density at radius 2 is 1.92 bits per heavy atom.